The van der Waals surface area contributed by atoms with Crippen LogP contribution < -0.4 is 15.7 Å². The van der Waals surface area contributed by atoms with Crippen molar-refractivity contribution in [2.75, 3.05) is 19.1 Å². The first-order valence-corrected chi connectivity index (χ1v) is 13.8. The number of aromatic nitrogens is 4. The summed E-state index contributed by atoms with van der Waals surface area (Å²) < 4.78 is 35.2. The number of unbranched alkanes of at least 4 members (excludes halogenated alkanes) is 2. The molecule has 37 heavy (non-hydrogen) atoms. The van der Waals surface area contributed by atoms with Crippen LogP contribution in [0, 0.1) is 6.92 Å². The average Bonchev–Trinajstić information content (AvgIpc) is 3.20. The maximum Gasteiger partial charge on any atom is 0.277 e. The Bertz CT molecular complexity index is 1550. The number of hydrogen-bond donors (Lipinski definition) is 2. The van der Waals surface area contributed by atoms with Crippen LogP contribution in [-0.4, -0.2) is 46.1 Å². The molecule has 0 bridgehead atoms. The third-order valence-electron chi connectivity index (χ3n) is 5.97. The predicted molar refractivity (Wildman–Crippen MR) is 143 cm³/mol. The molecule has 0 saturated carbocycles. The van der Waals surface area contributed by atoms with Gasteiger partial charge in [-0.15, -0.1) is 9.51 Å². The normalized spacial score (nSPS) is 11.8. The van der Waals surface area contributed by atoms with Crippen molar-refractivity contribution in [3.8, 4) is 17.1 Å². The lowest BCUT2D eigenvalue weighted by molar-refractivity contribution is 0.341. The highest BCUT2D eigenvalue weighted by molar-refractivity contribution is 7.89. The summed E-state index contributed by atoms with van der Waals surface area (Å²) >= 11 is 0. The summed E-state index contributed by atoms with van der Waals surface area (Å²) in [5.74, 6) is 1.31. The number of anilines is 1. The van der Waals surface area contributed by atoms with E-state index in [1.165, 1.54) is 19.2 Å². The third-order valence-corrected chi connectivity index (χ3v) is 7.63. The van der Waals surface area contributed by atoms with Crippen LogP contribution in [-0.2, 0) is 16.4 Å². The second-order valence-electron chi connectivity index (χ2n) is 8.68. The lowest BCUT2D eigenvalue weighted by Crippen LogP contribution is -2.32. The molecule has 0 unspecified atom stereocenters. The van der Waals surface area contributed by atoms with E-state index in [9.17, 15) is 13.2 Å². The SMILES string of the molecule is CCCCCc1nc(C)c2c(=O)[nH]c(-c3cc(S(=O)(=O)N(C)Nc4ccccc4)ccc3OCC)nn12. The molecule has 0 fully saturated rings. The Hall–Kier alpha value is -3.70. The van der Waals surface area contributed by atoms with E-state index in [2.05, 4.69) is 27.4 Å². The lowest BCUT2D eigenvalue weighted by Gasteiger charge is -2.20. The van der Waals surface area contributed by atoms with Crippen molar-refractivity contribution in [3.05, 3.63) is 70.4 Å². The van der Waals surface area contributed by atoms with Crippen LogP contribution >= 0.6 is 0 Å². The zero-order chi connectivity index (χ0) is 26.6. The van der Waals surface area contributed by atoms with E-state index in [4.69, 9.17) is 4.74 Å². The van der Waals surface area contributed by atoms with Crippen LogP contribution in [0.5, 0.6) is 5.75 Å². The Balaban J connectivity index is 1.79. The first-order valence-electron chi connectivity index (χ1n) is 12.3. The summed E-state index contributed by atoms with van der Waals surface area (Å²) in [5, 5.41) is 4.68. The molecule has 10 nitrogen and oxygen atoms in total. The van der Waals surface area contributed by atoms with Crippen molar-refractivity contribution in [1.29, 1.82) is 0 Å². The smallest absolute Gasteiger partial charge is 0.277 e. The van der Waals surface area contributed by atoms with E-state index < -0.39 is 10.0 Å². The maximum atomic E-state index is 13.4. The van der Waals surface area contributed by atoms with Gasteiger partial charge in [-0.2, -0.15) is 0 Å². The van der Waals surface area contributed by atoms with Crippen molar-refractivity contribution in [3.63, 3.8) is 0 Å². The first-order chi connectivity index (χ1) is 17.8. The molecule has 11 heteroatoms. The second-order valence-corrected chi connectivity index (χ2v) is 10.6. The molecule has 2 heterocycles. The summed E-state index contributed by atoms with van der Waals surface area (Å²) in [6.07, 6.45) is 3.72. The molecule has 0 aliphatic heterocycles. The number of rotatable bonds is 11. The minimum Gasteiger partial charge on any atom is -0.493 e. The molecule has 0 radical (unpaired) electrons. The van der Waals surface area contributed by atoms with Gasteiger partial charge in [0.05, 0.1) is 28.4 Å². The molecular formula is C26H32N6O4S. The van der Waals surface area contributed by atoms with Crippen LogP contribution in [0.15, 0.2) is 58.2 Å². The van der Waals surface area contributed by atoms with E-state index in [1.54, 1.807) is 29.6 Å². The number of fused-ring (bicyclic) bond motifs is 1. The number of imidazole rings is 1. The van der Waals surface area contributed by atoms with Gasteiger partial charge in [-0.1, -0.05) is 38.0 Å². The van der Waals surface area contributed by atoms with E-state index in [1.807, 2.05) is 25.1 Å². The Morgan fingerprint density at radius 3 is 2.57 bits per heavy atom. The van der Waals surface area contributed by atoms with Crippen LogP contribution in [0.2, 0.25) is 0 Å². The monoisotopic (exact) mass is 524 g/mol. The highest BCUT2D eigenvalue weighted by Crippen LogP contribution is 2.31. The Morgan fingerprint density at radius 2 is 1.86 bits per heavy atom. The number of benzene rings is 2. The molecule has 0 aliphatic rings. The molecule has 0 saturated heterocycles. The van der Waals surface area contributed by atoms with Gasteiger partial charge in [0.2, 0.25) is 0 Å². The number of hydrazine groups is 1. The van der Waals surface area contributed by atoms with Gasteiger partial charge in [0, 0.05) is 13.5 Å². The predicted octanol–water partition coefficient (Wildman–Crippen LogP) is 4.17. The fourth-order valence-electron chi connectivity index (χ4n) is 4.10. The van der Waals surface area contributed by atoms with E-state index in [-0.39, 0.29) is 16.3 Å². The first kappa shape index (κ1) is 26.4. The van der Waals surface area contributed by atoms with Gasteiger partial charge in [0.15, 0.2) is 11.3 Å². The van der Waals surface area contributed by atoms with Crippen LogP contribution in [0.3, 0.4) is 0 Å². The number of nitrogens with zero attached hydrogens (tertiary/aromatic N) is 4. The highest BCUT2D eigenvalue weighted by atomic mass is 32.2. The van der Waals surface area contributed by atoms with Gasteiger partial charge in [-0.25, -0.2) is 17.9 Å². The number of aromatic amines is 1. The number of H-pyrrole nitrogens is 1. The average molecular weight is 525 g/mol. The lowest BCUT2D eigenvalue weighted by atomic mass is 10.2. The van der Waals surface area contributed by atoms with Gasteiger partial charge in [0.1, 0.15) is 11.6 Å². The minimum atomic E-state index is -3.94. The maximum absolute atomic E-state index is 13.4. The number of sulfonamides is 1. The Labute approximate surface area is 216 Å². The van der Waals surface area contributed by atoms with Crippen molar-refractivity contribution in [1.82, 2.24) is 24.0 Å². The summed E-state index contributed by atoms with van der Waals surface area (Å²) in [6, 6.07) is 13.5. The van der Waals surface area contributed by atoms with Gasteiger partial charge in [0.25, 0.3) is 15.6 Å². The molecule has 196 valence electrons. The highest BCUT2D eigenvalue weighted by Gasteiger charge is 2.24. The Kier molecular flexibility index (Phi) is 7.94. The largest absolute Gasteiger partial charge is 0.493 e. The van der Waals surface area contributed by atoms with Gasteiger partial charge < -0.3 is 15.1 Å². The van der Waals surface area contributed by atoms with Crippen LogP contribution in [0.1, 0.15) is 44.6 Å². The van der Waals surface area contributed by atoms with Crippen LogP contribution in [0.25, 0.3) is 16.9 Å². The minimum absolute atomic E-state index is 0.0182. The van der Waals surface area contributed by atoms with Gasteiger partial charge >= 0.3 is 0 Å². The fourth-order valence-corrected chi connectivity index (χ4v) is 5.15. The Morgan fingerprint density at radius 1 is 1.11 bits per heavy atom. The fraction of sp³-hybridized carbons (Fsp3) is 0.346. The van der Waals surface area contributed by atoms with E-state index >= 15 is 0 Å². The summed E-state index contributed by atoms with van der Waals surface area (Å²) in [7, 11) is -2.51. The zero-order valence-corrected chi connectivity index (χ0v) is 22.3. The van der Waals surface area contributed by atoms with Crippen LogP contribution in [0.4, 0.5) is 5.69 Å². The summed E-state index contributed by atoms with van der Waals surface area (Å²) in [5.41, 5.74) is 4.49. The number of hydrogen-bond acceptors (Lipinski definition) is 7. The number of nitrogens with one attached hydrogen (secondary N) is 2. The number of para-hydroxylation sites is 1. The van der Waals surface area contributed by atoms with Gasteiger partial charge in [-0.05, 0) is 50.6 Å². The molecule has 0 aliphatic carbocycles. The molecule has 0 amide bonds. The molecule has 2 N–H and O–H groups in total. The zero-order valence-electron chi connectivity index (χ0n) is 21.5. The standard InChI is InChI=1S/C26H32N6O4S/c1-5-7-9-14-23-27-18(3)24-26(33)28-25(30-32(23)24)21-17-20(15-16-22(21)36-6-2)37(34,35)31(4)29-19-12-10-8-11-13-19/h8,10-13,15-17,29H,5-7,9,14H2,1-4H3,(H,28,30,33). The van der Waals surface area contributed by atoms with E-state index in [0.29, 0.717) is 47.1 Å². The third kappa shape index (κ3) is 5.52. The van der Waals surface area contributed by atoms with Gasteiger partial charge in [-0.3, -0.25) is 4.79 Å². The second kappa shape index (κ2) is 11.1. The molecule has 0 spiro atoms. The summed E-state index contributed by atoms with van der Waals surface area (Å²) in [4.78, 5) is 20.5. The topological polar surface area (TPSA) is 122 Å². The van der Waals surface area contributed by atoms with E-state index in [0.717, 1.165) is 23.7 Å². The molecule has 4 rings (SSSR count). The van der Waals surface area contributed by atoms with Crippen molar-refractivity contribution in [2.45, 2.75) is 51.3 Å². The number of ether oxygens (including phenoxy) is 1. The molecular weight excluding hydrogens is 492 g/mol. The number of aryl methyl sites for hydroxylation is 2. The molecule has 4 aromatic rings. The molecule has 2 aromatic carbocycles. The van der Waals surface area contributed by atoms with Crippen molar-refractivity contribution < 1.29 is 13.2 Å². The molecule has 0 atom stereocenters. The quantitative estimate of drug-likeness (QED) is 0.223. The van der Waals surface area contributed by atoms with Crippen molar-refractivity contribution >= 4 is 21.2 Å². The molecule has 2 aromatic heterocycles. The summed E-state index contributed by atoms with van der Waals surface area (Å²) in [6.45, 7) is 6.09. The van der Waals surface area contributed by atoms with Crippen molar-refractivity contribution in [2.24, 2.45) is 0 Å².